The summed E-state index contributed by atoms with van der Waals surface area (Å²) >= 11 is 1.72. The van der Waals surface area contributed by atoms with Gasteiger partial charge in [-0.2, -0.15) is 0 Å². The molecule has 1 heterocycles. The average molecular weight is 483 g/mol. The van der Waals surface area contributed by atoms with E-state index in [1.165, 1.54) is 32.6 Å². The van der Waals surface area contributed by atoms with Crippen molar-refractivity contribution < 1.29 is 23.7 Å². The van der Waals surface area contributed by atoms with E-state index in [1.54, 1.807) is 11.8 Å². The largest absolute Gasteiger partial charge is 0.347 e. The molecule has 0 aromatic carbocycles. The van der Waals surface area contributed by atoms with Crippen LogP contribution in [0.4, 0.5) is 0 Å². The van der Waals surface area contributed by atoms with Crippen LogP contribution in [-0.4, -0.2) is 54.2 Å². The summed E-state index contributed by atoms with van der Waals surface area (Å²) < 4.78 is 21.4. The van der Waals surface area contributed by atoms with E-state index in [-0.39, 0.29) is 12.1 Å². The van der Waals surface area contributed by atoms with Gasteiger partial charge in [0.05, 0.1) is 0 Å². The van der Waals surface area contributed by atoms with Crippen molar-refractivity contribution in [3.05, 3.63) is 17.5 Å². The highest BCUT2D eigenvalue weighted by Gasteiger charge is 2.15. The highest BCUT2D eigenvalue weighted by atomic mass is 32.2. The maximum absolute atomic E-state index is 10.5. The van der Waals surface area contributed by atoms with Gasteiger partial charge in [0.2, 0.25) is 18.4 Å². The zero-order valence-electron chi connectivity index (χ0n) is 21.4. The van der Waals surface area contributed by atoms with Gasteiger partial charge in [0.15, 0.2) is 5.16 Å². The third-order valence-corrected chi connectivity index (χ3v) is 4.90. The normalized spacial score (nSPS) is 10.6. The van der Waals surface area contributed by atoms with E-state index in [0.717, 1.165) is 22.3 Å². The molecule has 0 bridgehead atoms. The fourth-order valence-corrected chi connectivity index (χ4v) is 3.47. The Kier molecular flexibility index (Phi) is 20.1. The molecule has 0 amide bonds. The number of carbonyl (C=O) groups is 1. The van der Waals surface area contributed by atoms with Crippen LogP contribution in [0, 0.1) is 18.8 Å². The lowest BCUT2D eigenvalue weighted by atomic mass is 10.2. The molecule has 0 unspecified atom stereocenters. The molecule has 0 fully saturated rings. The van der Waals surface area contributed by atoms with Crippen LogP contribution in [0.3, 0.4) is 0 Å². The molecule has 0 radical (unpaired) electrons. The third-order valence-electron chi connectivity index (χ3n) is 3.96. The SMILES string of the molecule is CCCCCCSc1nc(C)cc(C(OCC)OCC)n1.CCOC(C#CC(C)=O)OCC. The summed E-state index contributed by atoms with van der Waals surface area (Å²) in [7, 11) is 0. The first kappa shape index (κ1) is 31.5. The summed E-state index contributed by atoms with van der Waals surface area (Å²) in [4.78, 5) is 19.6. The van der Waals surface area contributed by atoms with Crippen LogP contribution in [0.5, 0.6) is 0 Å². The van der Waals surface area contributed by atoms with Crippen molar-refractivity contribution in [3.63, 3.8) is 0 Å². The van der Waals surface area contributed by atoms with Crippen molar-refractivity contribution in [2.75, 3.05) is 32.2 Å². The van der Waals surface area contributed by atoms with Gasteiger partial charge in [-0.25, -0.2) is 9.97 Å². The average Bonchev–Trinajstić information content (AvgIpc) is 2.77. The number of rotatable bonds is 15. The van der Waals surface area contributed by atoms with Crippen molar-refractivity contribution >= 4 is 17.5 Å². The minimum Gasteiger partial charge on any atom is -0.347 e. The topological polar surface area (TPSA) is 79.8 Å². The number of aromatic nitrogens is 2. The molecular formula is C25H42N2O5S. The fraction of sp³-hybridized carbons (Fsp3) is 0.720. The summed E-state index contributed by atoms with van der Waals surface area (Å²) in [5.74, 6) is 5.84. The lowest BCUT2D eigenvalue weighted by Crippen LogP contribution is -2.15. The van der Waals surface area contributed by atoms with E-state index in [0.29, 0.717) is 26.4 Å². The van der Waals surface area contributed by atoms with Gasteiger partial charge in [0.1, 0.15) is 5.69 Å². The number of carbonyl (C=O) groups excluding carboxylic acids is 1. The molecule has 0 aliphatic heterocycles. The van der Waals surface area contributed by atoms with Crippen LogP contribution in [0.1, 0.15) is 84.9 Å². The standard InChI is InChI=1S/C16H28N2O2S.C9H14O3/c1-5-8-9-10-11-21-16-17-13(4)12-14(18-16)15(19-6-2)20-7-3;1-4-11-9(12-5-2)7-6-8(3)10/h12,15H,5-11H2,1-4H3;9H,4-5H2,1-3H3. The Balaban J connectivity index is 0.000000728. The van der Waals surface area contributed by atoms with E-state index in [2.05, 4.69) is 28.7 Å². The van der Waals surface area contributed by atoms with Crippen LogP contribution >= 0.6 is 11.8 Å². The van der Waals surface area contributed by atoms with Gasteiger partial charge in [-0.3, -0.25) is 4.79 Å². The highest BCUT2D eigenvalue weighted by molar-refractivity contribution is 7.99. The summed E-state index contributed by atoms with van der Waals surface area (Å²) in [5, 5.41) is 0.825. The second kappa shape index (κ2) is 21.1. The molecule has 0 aliphatic rings. The van der Waals surface area contributed by atoms with Gasteiger partial charge in [-0.15, -0.1) is 0 Å². The van der Waals surface area contributed by atoms with Gasteiger partial charge >= 0.3 is 0 Å². The Morgan fingerprint density at radius 3 is 2.06 bits per heavy atom. The maximum atomic E-state index is 10.5. The van der Waals surface area contributed by atoms with Gasteiger partial charge in [0.25, 0.3) is 0 Å². The van der Waals surface area contributed by atoms with Gasteiger partial charge < -0.3 is 18.9 Å². The Morgan fingerprint density at radius 1 is 0.939 bits per heavy atom. The third kappa shape index (κ3) is 16.7. The van der Waals surface area contributed by atoms with Gasteiger partial charge in [-0.05, 0) is 58.9 Å². The number of hydrogen-bond donors (Lipinski definition) is 0. The molecule has 0 saturated carbocycles. The predicted octanol–water partition coefficient (Wildman–Crippen LogP) is 5.51. The second-order valence-electron chi connectivity index (χ2n) is 6.94. The summed E-state index contributed by atoms with van der Waals surface area (Å²) in [6, 6.07) is 1.94. The Morgan fingerprint density at radius 2 is 1.55 bits per heavy atom. The van der Waals surface area contributed by atoms with Crippen molar-refractivity contribution in [3.8, 4) is 11.8 Å². The molecule has 1 rings (SSSR count). The zero-order valence-corrected chi connectivity index (χ0v) is 22.3. The monoisotopic (exact) mass is 482 g/mol. The van der Waals surface area contributed by atoms with Crippen LogP contribution in [-0.2, 0) is 23.7 Å². The quantitative estimate of drug-likeness (QED) is 0.0809. The molecule has 33 heavy (non-hydrogen) atoms. The molecule has 1 aromatic heterocycles. The molecule has 0 N–H and O–H groups in total. The van der Waals surface area contributed by atoms with Crippen LogP contribution in [0.25, 0.3) is 0 Å². The first-order chi connectivity index (χ1) is 15.9. The Hall–Kier alpha value is -1.50. The summed E-state index contributed by atoms with van der Waals surface area (Å²) in [5.41, 5.74) is 1.78. The number of aryl methyl sites for hydroxylation is 1. The minimum absolute atomic E-state index is 0.181. The van der Waals surface area contributed by atoms with Crippen molar-refractivity contribution in [1.29, 1.82) is 0 Å². The summed E-state index contributed by atoms with van der Waals surface area (Å²) in [6.45, 7) is 15.5. The lowest BCUT2D eigenvalue weighted by Gasteiger charge is -2.17. The van der Waals surface area contributed by atoms with Gasteiger partial charge in [-0.1, -0.05) is 37.9 Å². The molecule has 188 valence electrons. The lowest BCUT2D eigenvalue weighted by molar-refractivity contribution is -0.143. The van der Waals surface area contributed by atoms with E-state index in [9.17, 15) is 4.79 Å². The van der Waals surface area contributed by atoms with E-state index >= 15 is 0 Å². The van der Waals surface area contributed by atoms with Crippen molar-refractivity contribution in [2.24, 2.45) is 0 Å². The van der Waals surface area contributed by atoms with E-state index in [1.807, 2.05) is 40.7 Å². The van der Waals surface area contributed by atoms with E-state index in [4.69, 9.17) is 18.9 Å². The zero-order chi connectivity index (χ0) is 24.9. The van der Waals surface area contributed by atoms with Crippen molar-refractivity contribution in [2.45, 2.75) is 91.9 Å². The van der Waals surface area contributed by atoms with Crippen LogP contribution in [0.15, 0.2) is 11.2 Å². The summed E-state index contributed by atoms with van der Waals surface area (Å²) in [6.07, 6.45) is 4.11. The van der Waals surface area contributed by atoms with Crippen LogP contribution < -0.4 is 0 Å². The smallest absolute Gasteiger partial charge is 0.222 e. The molecule has 8 heteroatoms. The van der Waals surface area contributed by atoms with Crippen LogP contribution in [0.2, 0.25) is 0 Å². The molecule has 0 spiro atoms. The van der Waals surface area contributed by atoms with Crippen molar-refractivity contribution in [1.82, 2.24) is 9.97 Å². The second-order valence-corrected chi connectivity index (χ2v) is 8.00. The number of thioether (sulfide) groups is 1. The molecule has 0 aliphatic carbocycles. The Labute approximate surface area is 204 Å². The first-order valence-electron chi connectivity index (χ1n) is 11.9. The number of ketones is 1. The molecule has 1 aromatic rings. The minimum atomic E-state index is -0.566. The maximum Gasteiger partial charge on any atom is 0.222 e. The highest BCUT2D eigenvalue weighted by Crippen LogP contribution is 2.22. The number of nitrogens with zero attached hydrogens (tertiary/aromatic N) is 2. The Bertz CT molecular complexity index is 694. The molecule has 0 atom stereocenters. The number of unbranched alkanes of at least 4 members (excludes halogenated alkanes) is 3. The first-order valence-corrected chi connectivity index (χ1v) is 12.9. The number of Topliss-reactive ketones (excluding diaryl/α,β-unsaturated/α-hetero) is 1. The molecular weight excluding hydrogens is 440 g/mol. The number of ether oxygens (including phenoxy) is 4. The molecule has 0 saturated heterocycles. The van der Waals surface area contributed by atoms with E-state index < -0.39 is 6.29 Å². The van der Waals surface area contributed by atoms with Gasteiger partial charge in [0, 0.05) is 44.8 Å². The fourth-order valence-electron chi connectivity index (χ4n) is 2.56. The number of hydrogen-bond acceptors (Lipinski definition) is 8. The molecule has 7 nitrogen and oxygen atoms in total. The predicted molar refractivity (Wildman–Crippen MR) is 133 cm³/mol.